The molecule has 3 aromatic heterocycles. The number of aromatic nitrogens is 4. The van der Waals surface area contributed by atoms with Crippen LogP contribution in [0.1, 0.15) is 17.0 Å². The maximum atomic E-state index is 5.25. The van der Waals surface area contributed by atoms with E-state index < -0.39 is 0 Å². The number of hydrogen-bond acceptors (Lipinski definition) is 6. The zero-order valence-corrected chi connectivity index (χ0v) is 17.4. The van der Waals surface area contributed by atoms with Crippen molar-refractivity contribution in [3.05, 3.63) is 90.1 Å². The molecule has 0 saturated heterocycles. The third-order valence-electron chi connectivity index (χ3n) is 5.51. The number of pyridine rings is 2. The molecule has 0 amide bonds. The summed E-state index contributed by atoms with van der Waals surface area (Å²) in [6.07, 6.45) is 6.43. The molecular weight excluding hydrogens is 386 g/mol. The Morgan fingerprint density at radius 1 is 0.935 bits per heavy atom. The number of nitrogens with zero attached hydrogens (tertiary/aromatic N) is 5. The maximum absolute atomic E-state index is 5.25. The highest BCUT2D eigenvalue weighted by Crippen LogP contribution is 2.23. The van der Waals surface area contributed by atoms with Gasteiger partial charge >= 0.3 is 0 Å². The summed E-state index contributed by atoms with van der Waals surface area (Å²) < 4.78 is 5.25. The van der Waals surface area contributed by atoms with Crippen LogP contribution in [0, 0.1) is 0 Å². The minimum absolute atomic E-state index is 0.745. The third-order valence-corrected chi connectivity index (χ3v) is 5.51. The molecule has 154 valence electrons. The molecule has 1 aliphatic rings. The lowest BCUT2D eigenvalue weighted by Crippen LogP contribution is -2.31. The van der Waals surface area contributed by atoms with E-state index in [1.807, 2.05) is 48.7 Å². The van der Waals surface area contributed by atoms with Crippen LogP contribution in [0.3, 0.4) is 0 Å². The fraction of sp³-hybridized carbons (Fsp3) is 0.200. The Bertz CT molecular complexity index is 1180. The van der Waals surface area contributed by atoms with Gasteiger partial charge in [-0.1, -0.05) is 6.07 Å². The molecule has 4 heterocycles. The van der Waals surface area contributed by atoms with Gasteiger partial charge in [-0.25, -0.2) is 9.97 Å². The summed E-state index contributed by atoms with van der Waals surface area (Å²) >= 11 is 0. The number of ether oxygens (including phenoxy) is 1. The number of methoxy groups -OCH3 is 1. The molecule has 0 spiro atoms. The van der Waals surface area contributed by atoms with Crippen molar-refractivity contribution in [2.45, 2.75) is 19.5 Å². The van der Waals surface area contributed by atoms with E-state index in [4.69, 9.17) is 14.7 Å². The van der Waals surface area contributed by atoms with Gasteiger partial charge in [-0.05, 0) is 48.5 Å². The lowest BCUT2D eigenvalue weighted by atomic mass is 10.1. The zero-order valence-electron chi connectivity index (χ0n) is 17.4. The van der Waals surface area contributed by atoms with E-state index in [9.17, 15) is 0 Å². The van der Waals surface area contributed by atoms with E-state index in [1.54, 1.807) is 19.5 Å². The average molecular weight is 409 g/mol. The Kier molecular flexibility index (Phi) is 5.37. The van der Waals surface area contributed by atoms with E-state index in [0.29, 0.717) is 0 Å². The quantitative estimate of drug-likeness (QED) is 0.493. The molecule has 0 saturated carbocycles. The van der Waals surface area contributed by atoms with Crippen LogP contribution in [-0.4, -0.2) is 38.5 Å². The maximum Gasteiger partial charge on any atom is 0.160 e. The average Bonchev–Trinajstić information content (AvgIpc) is 2.84. The molecule has 4 aromatic rings. The molecular formula is C25H23N5O. The normalized spacial score (nSPS) is 13.6. The first-order chi connectivity index (χ1) is 15.3. The monoisotopic (exact) mass is 409 g/mol. The van der Waals surface area contributed by atoms with Crippen molar-refractivity contribution in [2.75, 3.05) is 13.7 Å². The van der Waals surface area contributed by atoms with Crippen molar-refractivity contribution in [3.63, 3.8) is 0 Å². The molecule has 1 aliphatic heterocycles. The lowest BCUT2D eigenvalue weighted by molar-refractivity contribution is 0.240. The Hall–Kier alpha value is -3.64. The van der Waals surface area contributed by atoms with Crippen molar-refractivity contribution in [3.8, 4) is 28.4 Å². The fourth-order valence-corrected chi connectivity index (χ4v) is 3.86. The summed E-state index contributed by atoms with van der Waals surface area (Å²) in [5.41, 5.74) is 6.39. The summed E-state index contributed by atoms with van der Waals surface area (Å²) in [7, 11) is 1.68. The van der Waals surface area contributed by atoms with E-state index >= 15 is 0 Å². The van der Waals surface area contributed by atoms with E-state index in [0.717, 1.165) is 65.8 Å². The minimum atomic E-state index is 0.745. The van der Waals surface area contributed by atoms with Crippen LogP contribution in [0.15, 0.2) is 73.2 Å². The second-order valence-corrected chi connectivity index (χ2v) is 7.61. The highest BCUT2D eigenvalue weighted by Gasteiger charge is 2.19. The summed E-state index contributed by atoms with van der Waals surface area (Å²) in [6.45, 7) is 2.58. The highest BCUT2D eigenvalue weighted by molar-refractivity contribution is 5.60. The van der Waals surface area contributed by atoms with Crippen molar-refractivity contribution in [1.82, 2.24) is 24.8 Å². The topological polar surface area (TPSA) is 64.0 Å². The molecule has 0 aliphatic carbocycles. The van der Waals surface area contributed by atoms with E-state index in [2.05, 4.69) is 27.0 Å². The number of hydrogen-bond donors (Lipinski definition) is 0. The number of benzene rings is 1. The number of rotatable bonds is 5. The Morgan fingerprint density at radius 3 is 2.65 bits per heavy atom. The first kappa shape index (κ1) is 19.3. The van der Waals surface area contributed by atoms with Crippen LogP contribution in [0.5, 0.6) is 5.75 Å². The second-order valence-electron chi connectivity index (χ2n) is 7.61. The minimum Gasteiger partial charge on any atom is -0.497 e. The molecule has 6 nitrogen and oxygen atoms in total. The van der Waals surface area contributed by atoms with Gasteiger partial charge in [0.25, 0.3) is 0 Å². The van der Waals surface area contributed by atoms with Crippen LogP contribution < -0.4 is 4.74 Å². The summed E-state index contributed by atoms with van der Waals surface area (Å²) in [5, 5.41) is 0. The Balaban J connectivity index is 1.30. The van der Waals surface area contributed by atoms with Crippen molar-refractivity contribution < 1.29 is 4.74 Å². The van der Waals surface area contributed by atoms with Gasteiger partial charge in [0.1, 0.15) is 5.75 Å². The highest BCUT2D eigenvalue weighted by atomic mass is 16.5. The SMILES string of the molecule is COc1ccc(-c2cccc(CN3CCc4nc(-c5cccnc5)ncc4C3)n2)cc1. The fourth-order valence-electron chi connectivity index (χ4n) is 3.86. The molecule has 1 aromatic carbocycles. The Morgan fingerprint density at radius 2 is 1.84 bits per heavy atom. The van der Waals surface area contributed by atoms with Crippen LogP contribution in [0.25, 0.3) is 22.6 Å². The first-order valence-electron chi connectivity index (χ1n) is 10.4. The van der Waals surface area contributed by atoms with Gasteiger partial charge < -0.3 is 4.74 Å². The van der Waals surface area contributed by atoms with Gasteiger partial charge in [0.15, 0.2) is 5.82 Å². The molecule has 5 rings (SSSR count). The van der Waals surface area contributed by atoms with Crippen LogP contribution >= 0.6 is 0 Å². The smallest absolute Gasteiger partial charge is 0.160 e. The standard InChI is InChI=1S/C25H23N5O/c1-31-22-9-7-18(8-10-22)23-6-2-5-21(28-23)17-30-13-11-24-20(16-30)15-27-25(29-24)19-4-3-12-26-14-19/h2-10,12,14-15H,11,13,16-17H2,1H3. The van der Waals surface area contributed by atoms with Crippen LogP contribution in [0.2, 0.25) is 0 Å². The molecule has 0 bridgehead atoms. The second kappa shape index (κ2) is 8.62. The van der Waals surface area contributed by atoms with Crippen molar-refractivity contribution >= 4 is 0 Å². The molecule has 0 atom stereocenters. The van der Waals surface area contributed by atoms with Gasteiger partial charge in [0.2, 0.25) is 0 Å². The molecule has 0 radical (unpaired) electrons. The number of fused-ring (bicyclic) bond motifs is 1. The lowest BCUT2D eigenvalue weighted by Gasteiger charge is -2.27. The molecule has 6 heteroatoms. The van der Waals surface area contributed by atoms with Gasteiger partial charge in [-0.2, -0.15) is 0 Å². The summed E-state index contributed by atoms with van der Waals surface area (Å²) in [5.74, 6) is 1.59. The van der Waals surface area contributed by atoms with Crippen molar-refractivity contribution in [2.24, 2.45) is 0 Å². The predicted octanol–water partition coefficient (Wildman–Crippen LogP) is 4.17. The van der Waals surface area contributed by atoms with E-state index in [-0.39, 0.29) is 0 Å². The predicted molar refractivity (Wildman–Crippen MR) is 119 cm³/mol. The van der Waals surface area contributed by atoms with Gasteiger partial charge in [0, 0.05) is 61.3 Å². The van der Waals surface area contributed by atoms with Gasteiger partial charge in [0.05, 0.1) is 24.2 Å². The molecule has 0 N–H and O–H groups in total. The zero-order chi connectivity index (χ0) is 21.0. The third kappa shape index (κ3) is 4.29. The molecule has 0 fully saturated rings. The van der Waals surface area contributed by atoms with Crippen LogP contribution in [0.4, 0.5) is 0 Å². The van der Waals surface area contributed by atoms with Gasteiger partial charge in [-0.15, -0.1) is 0 Å². The molecule has 0 unspecified atom stereocenters. The van der Waals surface area contributed by atoms with Crippen LogP contribution in [-0.2, 0) is 19.5 Å². The first-order valence-corrected chi connectivity index (χ1v) is 10.4. The molecule has 31 heavy (non-hydrogen) atoms. The van der Waals surface area contributed by atoms with Gasteiger partial charge in [-0.3, -0.25) is 14.9 Å². The summed E-state index contributed by atoms with van der Waals surface area (Å²) in [6, 6.07) is 18.1. The van der Waals surface area contributed by atoms with Crippen molar-refractivity contribution in [1.29, 1.82) is 0 Å². The summed E-state index contributed by atoms with van der Waals surface area (Å²) in [4.78, 5) is 20.8. The van der Waals surface area contributed by atoms with E-state index in [1.165, 1.54) is 5.56 Å². The Labute approximate surface area is 181 Å². The largest absolute Gasteiger partial charge is 0.497 e.